The van der Waals surface area contributed by atoms with E-state index in [1.54, 1.807) is 0 Å². The molecule has 0 unspecified atom stereocenters. The molecule has 2 rings (SSSR count). The van der Waals surface area contributed by atoms with Crippen molar-refractivity contribution in [3.8, 4) is 0 Å². The number of hydrogen-bond acceptors (Lipinski definition) is 4. The van der Waals surface area contributed by atoms with Gasteiger partial charge in [0.15, 0.2) is 11.2 Å². The SMILES string of the molecule is Cn1c(=O)c2c(nc(C(=O)O)n2C)n(C)c1=O.[MgH2]. The van der Waals surface area contributed by atoms with Crippen LogP contribution in [0.15, 0.2) is 9.59 Å². The lowest BCUT2D eigenvalue weighted by atomic mass is 10.5. The minimum atomic E-state index is -1.25. The molecule has 2 aromatic heterocycles. The number of aryl methyl sites for hydroxylation is 2. The molecule has 0 spiro atoms. The Morgan fingerprint density at radius 1 is 1.11 bits per heavy atom. The maximum Gasteiger partial charge on any atom is 0.372 e. The topological polar surface area (TPSA) is 99.1 Å². The summed E-state index contributed by atoms with van der Waals surface area (Å²) in [5.41, 5.74) is -0.951. The largest absolute Gasteiger partial charge is 0.475 e. The third-order valence-corrected chi connectivity index (χ3v) is 2.67. The van der Waals surface area contributed by atoms with Crippen LogP contribution in [0.4, 0.5) is 0 Å². The molecule has 0 aliphatic heterocycles. The second kappa shape index (κ2) is 4.57. The number of fused-ring (bicyclic) bond motifs is 1. The number of imidazole rings is 1. The number of rotatable bonds is 1. The molecule has 8 nitrogen and oxygen atoms in total. The van der Waals surface area contributed by atoms with Gasteiger partial charge in [-0.2, -0.15) is 0 Å². The van der Waals surface area contributed by atoms with Crippen molar-refractivity contribution >= 4 is 40.2 Å². The Labute approximate surface area is 117 Å². The van der Waals surface area contributed by atoms with Crippen LogP contribution in [0.1, 0.15) is 10.6 Å². The smallest absolute Gasteiger partial charge is 0.372 e. The van der Waals surface area contributed by atoms with Gasteiger partial charge in [0, 0.05) is 21.1 Å². The van der Waals surface area contributed by atoms with Crippen molar-refractivity contribution in [1.82, 2.24) is 18.7 Å². The predicted octanol–water partition coefficient (Wildman–Crippen LogP) is -2.25. The maximum atomic E-state index is 11.9. The van der Waals surface area contributed by atoms with E-state index >= 15 is 0 Å². The number of hydrogen-bond donors (Lipinski definition) is 1. The van der Waals surface area contributed by atoms with Crippen LogP contribution in [0.25, 0.3) is 11.2 Å². The summed E-state index contributed by atoms with van der Waals surface area (Å²) >= 11 is 0. The van der Waals surface area contributed by atoms with Crippen molar-refractivity contribution in [2.24, 2.45) is 21.1 Å². The summed E-state index contributed by atoms with van der Waals surface area (Å²) in [6.07, 6.45) is 0. The molecule has 1 N–H and O–H groups in total. The monoisotopic (exact) mass is 264 g/mol. The minimum absolute atomic E-state index is 0. The van der Waals surface area contributed by atoms with Crippen molar-refractivity contribution < 1.29 is 9.90 Å². The van der Waals surface area contributed by atoms with Crippen molar-refractivity contribution in [2.75, 3.05) is 0 Å². The molecule has 0 radical (unpaired) electrons. The summed E-state index contributed by atoms with van der Waals surface area (Å²) < 4.78 is 3.22. The molecule has 2 aromatic rings. The van der Waals surface area contributed by atoms with Gasteiger partial charge in [-0.15, -0.1) is 0 Å². The summed E-state index contributed by atoms with van der Waals surface area (Å²) in [6.45, 7) is 0. The maximum absolute atomic E-state index is 11.9. The first kappa shape index (κ1) is 14.4. The first-order valence-corrected chi connectivity index (χ1v) is 4.72. The van der Waals surface area contributed by atoms with Gasteiger partial charge in [0.25, 0.3) is 5.56 Å². The first-order valence-electron chi connectivity index (χ1n) is 4.72. The lowest BCUT2D eigenvalue weighted by Crippen LogP contribution is -2.37. The van der Waals surface area contributed by atoms with Gasteiger partial charge < -0.3 is 9.67 Å². The number of carbonyl (C=O) groups is 1. The van der Waals surface area contributed by atoms with Crippen LogP contribution in [0.2, 0.25) is 0 Å². The average Bonchev–Trinajstić information content (AvgIpc) is 2.62. The molecule has 0 fully saturated rings. The number of carboxylic acid groups (broad SMARTS) is 1. The van der Waals surface area contributed by atoms with Gasteiger partial charge in [-0.3, -0.25) is 13.9 Å². The fraction of sp³-hybridized carbons (Fsp3) is 0.333. The molecular weight excluding hydrogens is 252 g/mol. The van der Waals surface area contributed by atoms with E-state index in [0.717, 1.165) is 9.13 Å². The normalized spacial score (nSPS) is 10.4. The zero-order chi connectivity index (χ0) is 12.9. The van der Waals surface area contributed by atoms with E-state index in [-0.39, 0.29) is 40.0 Å². The quantitative estimate of drug-likeness (QED) is 0.587. The third-order valence-electron chi connectivity index (χ3n) is 2.67. The molecule has 9 heteroatoms. The molecule has 0 saturated heterocycles. The molecule has 0 atom stereocenters. The molecule has 0 bridgehead atoms. The van der Waals surface area contributed by atoms with E-state index in [2.05, 4.69) is 4.98 Å². The molecule has 0 aliphatic rings. The molecule has 18 heavy (non-hydrogen) atoms. The lowest BCUT2D eigenvalue weighted by molar-refractivity contribution is 0.0680. The molecule has 0 aromatic carbocycles. The highest BCUT2D eigenvalue weighted by atomic mass is 24.3. The Bertz CT molecular complexity index is 754. The highest BCUT2D eigenvalue weighted by Crippen LogP contribution is 2.08. The van der Waals surface area contributed by atoms with Crippen LogP contribution in [-0.4, -0.2) is 52.8 Å². The summed E-state index contributed by atoms with van der Waals surface area (Å²) in [7, 11) is 4.19. The second-order valence-electron chi connectivity index (χ2n) is 3.68. The lowest BCUT2D eigenvalue weighted by Gasteiger charge is -2.02. The Balaban J connectivity index is 0.00000162. The van der Waals surface area contributed by atoms with Gasteiger partial charge in [-0.1, -0.05) is 0 Å². The Hall–Kier alpha value is -1.61. The third kappa shape index (κ3) is 1.75. The number of aromatic carboxylic acids is 1. The van der Waals surface area contributed by atoms with Gasteiger partial charge >= 0.3 is 34.7 Å². The summed E-state index contributed by atoms with van der Waals surface area (Å²) in [5, 5.41) is 8.91. The average molecular weight is 265 g/mol. The van der Waals surface area contributed by atoms with E-state index in [4.69, 9.17) is 5.11 Å². The van der Waals surface area contributed by atoms with E-state index < -0.39 is 17.2 Å². The molecule has 0 aliphatic carbocycles. The molecular formula is C9H12MgN4O4. The van der Waals surface area contributed by atoms with Crippen LogP contribution in [0.5, 0.6) is 0 Å². The Morgan fingerprint density at radius 3 is 2.17 bits per heavy atom. The van der Waals surface area contributed by atoms with Gasteiger partial charge in [-0.05, 0) is 0 Å². The van der Waals surface area contributed by atoms with Gasteiger partial charge in [-0.25, -0.2) is 14.6 Å². The second-order valence-corrected chi connectivity index (χ2v) is 3.68. The molecule has 0 saturated carbocycles. The highest BCUT2D eigenvalue weighted by molar-refractivity contribution is 5.88. The summed E-state index contributed by atoms with van der Waals surface area (Å²) in [6, 6.07) is 0. The number of aromatic nitrogens is 4. The van der Waals surface area contributed by atoms with E-state index in [1.807, 2.05) is 0 Å². The van der Waals surface area contributed by atoms with E-state index in [1.165, 1.54) is 25.7 Å². The molecule has 2 heterocycles. The van der Waals surface area contributed by atoms with Crippen LogP contribution in [-0.2, 0) is 21.1 Å². The summed E-state index contributed by atoms with van der Waals surface area (Å²) in [5.74, 6) is -1.53. The first-order chi connectivity index (χ1) is 7.86. The molecule has 94 valence electrons. The number of carboxylic acids is 1. The van der Waals surface area contributed by atoms with Crippen molar-refractivity contribution in [2.45, 2.75) is 0 Å². The van der Waals surface area contributed by atoms with Crippen molar-refractivity contribution in [3.63, 3.8) is 0 Å². The van der Waals surface area contributed by atoms with E-state index in [0.29, 0.717) is 0 Å². The van der Waals surface area contributed by atoms with Crippen LogP contribution in [0.3, 0.4) is 0 Å². The predicted molar refractivity (Wildman–Crippen MR) is 66.7 cm³/mol. The fourth-order valence-corrected chi connectivity index (χ4v) is 1.71. The van der Waals surface area contributed by atoms with Gasteiger partial charge in [0.2, 0.25) is 5.82 Å². The zero-order valence-corrected chi connectivity index (χ0v) is 9.46. The van der Waals surface area contributed by atoms with Crippen molar-refractivity contribution in [3.05, 3.63) is 26.7 Å². The Kier molecular flexibility index (Phi) is 3.67. The molecule has 0 amide bonds. The minimum Gasteiger partial charge on any atom is -0.475 e. The number of nitrogens with zero attached hydrogens (tertiary/aromatic N) is 4. The standard InChI is InChI=1S/C9H10N4O4.Mg.2H/c1-11-4-5(10-6(11)8(15)16)12(2)9(17)13(3)7(4)14;;;/h1-3H3,(H,15,16);;;. The van der Waals surface area contributed by atoms with Crippen molar-refractivity contribution in [1.29, 1.82) is 0 Å². The van der Waals surface area contributed by atoms with Gasteiger partial charge in [0.1, 0.15) is 0 Å². The van der Waals surface area contributed by atoms with Gasteiger partial charge in [0.05, 0.1) is 0 Å². The van der Waals surface area contributed by atoms with Crippen LogP contribution in [0, 0.1) is 0 Å². The fourth-order valence-electron chi connectivity index (χ4n) is 1.71. The van der Waals surface area contributed by atoms with E-state index in [9.17, 15) is 14.4 Å². The zero-order valence-electron chi connectivity index (χ0n) is 9.46. The van der Waals surface area contributed by atoms with Crippen LogP contribution >= 0.6 is 0 Å². The van der Waals surface area contributed by atoms with Crippen LogP contribution < -0.4 is 11.2 Å². The highest BCUT2D eigenvalue weighted by Gasteiger charge is 2.20. The Morgan fingerprint density at radius 2 is 1.67 bits per heavy atom. The summed E-state index contributed by atoms with van der Waals surface area (Å²) in [4.78, 5) is 38.2.